The van der Waals surface area contributed by atoms with Crippen LogP contribution in [0.2, 0.25) is 0 Å². The number of nitrogens with two attached hydrogens (primary N) is 1. The number of nitrogens with one attached hydrogen (secondary N) is 1. The van der Waals surface area contributed by atoms with E-state index in [1.165, 1.54) is 4.31 Å². The molecular weight excluding hydrogens is 242 g/mol. The molecule has 1 unspecified atom stereocenters. The largest absolute Gasteiger partial charge is 0.387 e. The maximum atomic E-state index is 12.2. The molecule has 0 amide bonds. The van der Waals surface area contributed by atoms with Gasteiger partial charge in [-0.1, -0.05) is 0 Å². The van der Waals surface area contributed by atoms with Gasteiger partial charge in [-0.15, -0.1) is 0 Å². The first-order chi connectivity index (χ1) is 7.83. The molecule has 1 rings (SSSR count). The molecule has 17 heavy (non-hydrogen) atoms. The zero-order chi connectivity index (χ0) is 13.1. The zero-order valence-corrected chi connectivity index (χ0v) is 11.2. The number of amidine groups is 1. The maximum absolute atomic E-state index is 12.2. The minimum absolute atomic E-state index is 0.0154. The molecule has 0 radical (unpaired) electrons. The molecule has 3 N–H and O–H groups in total. The third-order valence-corrected chi connectivity index (χ3v) is 4.74. The highest BCUT2D eigenvalue weighted by molar-refractivity contribution is 7.89. The normalized spacial score (nSPS) is 21.3. The Morgan fingerprint density at radius 1 is 1.59 bits per heavy atom. The van der Waals surface area contributed by atoms with Crippen LogP contribution in [0.4, 0.5) is 0 Å². The molecule has 1 saturated heterocycles. The molecule has 0 aromatic heterocycles. The molecule has 0 aromatic carbocycles. The number of rotatable bonds is 6. The summed E-state index contributed by atoms with van der Waals surface area (Å²) < 4.78 is 30.9. The van der Waals surface area contributed by atoms with Crippen LogP contribution in [-0.4, -0.2) is 49.6 Å². The Morgan fingerprint density at radius 2 is 2.24 bits per heavy atom. The van der Waals surface area contributed by atoms with Gasteiger partial charge in [0.15, 0.2) is 0 Å². The second-order valence-electron chi connectivity index (χ2n) is 4.58. The van der Waals surface area contributed by atoms with E-state index in [-0.39, 0.29) is 30.3 Å². The van der Waals surface area contributed by atoms with Crippen LogP contribution in [0.1, 0.15) is 26.7 Å². The lowest BCUT2D eigenvalue weighted by Crippen LogP contribution is -2.45. The molecule has 1 atom stereocenters. The highest BCUT2D eigenvalue weighted by Crippen LogP contribution is 2.17. The zero-order valence-electron chi connectivity index (χ0n) is 10.3. The Bertz CT molecular complexity index is 361. The fraction of sp³-hybridized carbons (Fsp3) is 0.900. The highest BCUT2D eigenvalue weighted by Gasteiger charge is 2.30. The number of nitrogens with zero attached hydrogens (tertiary/aromatic N) is 1. The highest BCUT2D eigenvalue weighted by atomic mass is 32.2. The summed E-state index contributed by atoms with van der Waals surface area (Å²) in [5.41, 5.74) is 5.28. The lowest BCUT2D eigenvalue weighted by atomic mass is 10.3. The molecule has 0 bridgehead atoms. The van der Waals surface area contributed by atoms with Crippen LogP contribution in [0, 0.1) is 5.41 Å². The van der Waals surface area contributed by atoms with Crippen molar-refractivity contribution in [3.8, 4) is 0 Å². The van der Waals surface area contributed by atoms with E-state index in [1.807, 2.05) is 0 Å². The summed E-state index contributed by atoms with van der Waals surface area (Å²) in [5, 5.41) is 7.22. The molecule has 1 fully saturated rings. The lowest BCUT2D eigenvalue weighted by Gasteiger charge is -2.26. The second-order valence-corrected chi connectivity index (χ2v) is 6.54. The van der Waals surface area contributed by atoms with Crippen molar-refractivity contribution in [2.24, 2.45) is 5.73 Å². The fourth-order valence-corrected chi connectivity index (χ4v) is 3.78. The predicted molar refractivity (Wildman–Crippen MR) is 66.5 cm³/mol. The average molecular weight is 263 g/mol. The summed E-state index contributed by atoms with van der Waals surface area (Å²) in [4.78, 5) is 0. The van der Waals surface area contributed by atoms with Crippen LogP contribution in [0.15, 0.2) is 0 Å². The van der Waals surface area contributed by atoms with Crippen LogP contribution in [-0.2, 0) is 14.8 Å². The van der Waals surface area contributed by atoms with Crippen molar-refractivity contribution in [2.45, 2.75) is 38.8 Å². The van der Waals surface area contributed by atoms with E-state index in [0.717, 1.165) is 12.8 Å². The van der Waals surface area contributed by atoms with E-state index >= 15 is 0 Å². The van der Waals surface area contributed by atoms with Crippen molar-refractivity contribution >= 4 is 15.9 Å². The average Bonchev–Trinajstić information content (AvgIpc) is 2.65. The summed E-state index contributed by atoms with van der Waals surface area (Å²) in [7, 11) is -3.41. The van der Waals surface area contributed by atoms with Gasteiger partial charge < -0.3 is 10.5 Å². The van der Waals surface area contributed by atoms with Gasteiger partial charge in [0.2, 0.25) is 10.0 Å². The molecule has 1 aliphatic rings. The van der Waals surface area contributed by atoms with Gasteiger partial charge in [-0.25, -0.2) is 8.42 Å². The van der Waals surface area contributed by atoms with Gasteiger partial charge in [-0.05, 0) is 26.7 Å². The quantitative estimate of drug-likeness (QED) is 0.526. The summed E-state index contributed by atoms with van der Waals surface area (Å²) in [5.74, 6) is -0.159. The molecular formula is C10H21N3O3S. The smallest absolute Gasteiger partial charge is 0.217 e. The first kappa shape index (κ1) is 14.4. The molecule has 0 aromatic rings. The molecule has 1 heterocycles. The van der Waals surface area contributed by atoms with Gasteiger partial charge in [0.1, 0.15) is 5.84 Å². The van der Waals surface area contributed by atoms with Crippen LogP contribution in [0.25, 0.3) is 0 Å². The Labute approximate surface area is 103 Å². The monoisotopic (exact) mass is 263 g/mol. The summed E-state index contributed by atoms with van der Waals surface area (Å²) >= 11 is 0. The molecule has 0 saturated carbocycles. The van der Waals surface area contributed by atoms with Crippen molar-refractivity contribution in [2.75, 3.05) is 18.9 Å². The first-order valence-electron chi connectivity index (χ1n) is 5.77. The molecule has 7 heteroatoms. The van der Waals surface area contributed by atoms with Crippen LogP contribution in [0.3, 0.4) is 0 Å². The molecule has 1 aliphatic heterocycles. The van der Waals surface area contributed by atoms with Gasteiger partial charge in [0, 0.05) is 12.6 Å². The Hall–Kier alpha value is -0.660. The summed E-state index contributed by atoms with van der Waals surface area (Å²) in [6, 6.07) is -0.203. The van der Waals surface area contributed by atoms with Crippen LogP contribution < -0.4 is 5.73 Å². The third kappa shape index (κ3) is 4.25. The number of hydrogen-bond acceptors (Lipinski definition) is 4. The second kappa shape index (κ2) is 5.79. The van der Waals surface area contributed by atoms with Gasteiger partial charge in [-0.3, -0.25) is 5.41 Å². The topological polar surface area (TPSA) is 96.5 Å². The maximum Gasteiger partial charge on any atom is 0.217 e. The van der Waals surface area contributed by atoms with E-state index < -0.39 is 10.0 Å². The Kier molecular flexibility index (Phi) is 4.91. The van der Waals surface area contributed by atoms with Crippen molar-refractivity contribution < 1.29 is 13.2 Å². The summed E-state index contributed by atoms with van der Waals surface area (Å²) in [6.07, 6.45) is 1.48. The number of ether oxygens (including phenoxy) is 1. The van der Waals surface area contributed by atoms with Gasteiger partial charge in [-0.2, -0.15) is 4.31 Å². The standard InChI is InChI=1S/C10H21N3O3S/c1-8(2)13(6-10(11)12)17(14,15)7-9-4-3-5-16-9/h8-9H,3-7H2,1-2H3,(H3,11,12). The van der Waals surface area contributed by atoms with Crippen molar-refractivity contribution in [3.05, 3.63) is 0 Å². The minimum atomic E-state index is -3.41. The lowest BCUT2D eigenvalue weighted by molar-refractivity contribution is 0.126. The third-order valence-electron chi connectivity index (χ3n) is 2.68. The molecule has 0 aliphatic carbocycles. The SMILES string of the molecule is CC(C)N(CC(=N)N)S(=O)(=O)CC1CCCO1. The van der Waals surface area contributed by atoms with Gasteiger partial charge >= 0.3 is 0 Å². The van der Waals surface area contributed by atoms with Crippen molar-refractivity contribution in [3.63, 3.8) is 0 Å². The number of sulfonamides is 1. The van der Waals surface area contributed by atoms with Gasteiger partial charge in [0.05, 0.1) is 18.4 Å². The Balaban J connectivity index is 2.72. The molecule has 0 spiro atoms. The number of hydrogen-bond donors (Lipinski definition) is 2. The first-order valence-corrected chi connectivity index (χ1v) is 7.38. The fourth-order valence-electron chi connectivity index (χ4n) is 1.88. The van der Waals surface area contributed by atoms with Crippen LogP contribution >= 0.6 is 0 Å². The van der Waals surface area contributed by atoms with Crippen molar-refractivity contribution in [1.82, 2.24) is 4.31 Å². The van der Waals surface area contributed by atoms with E-state index in [4.69, 9.17) is 15.9 Å². The van der Waals surface area contributed by atoms with Crippen molar-refractivity contribution in [1.29, 1.82) is 5.41 Å². The van der Waals surface area contributed by atoms with E-state index in [1.54, 1.807) is 13.8 Å². The van der Waals surface area contributed by atoms with E-state index in [2.05, 4.69) is 0 Å². The van der Waals surface area contributed by atoms with E-state index in [0.29, 0.717) is 6.61 Å². The Morgan fingerprint density at radius 3 is 2.65 bits per heavy atom. The predicted octanol–water partition coefficient (Wildman–Crippen LogP) is 0.142. The summed E-state index contributed by atoms with van der Waals surface area (Å²) in [6.45, 7) is 4.13. The minimum Gasteiger partial charge on any atom is -0.387 e. The van der Waals surface area contributed by atoms with E-state index in [9.17, 15) is 8.42 Å². The van der Waals surface area contributed by atoms with Crippen LogP contribution in [0.5, 0.6) is 0 Å². The molecule has 6 nitrogen and oxygen atoms in total. The van der Waals surface area contributed by atoms with Gasteiger partial charge in [0.25, 0.3) is 0 Å². The molecule has 100 valence electrons.